The van der Waals surface area contributed by atoms with Crippen molar-refractivity contribution in [1.82, 2.24) is 14.6 Å². The standard InChI is InChI=1S/C11H17N3O4S2/c15-10(16)9-11(19-8-12-9)20(17,18)13-4-7-14-5-2-1-3-6-14/h8,13H,1-7H2,(H,15,16). The first kappa shape index (κ1) is 15.4. The van der Waals surface area contributed by atoms with E-state index in [0.717, 1.165) is 37.3 Å². The maximum Gasteiger partial charge on any atom is 0.356 e. The van der Waals surface area contributed by atoms with Gasteiger partial charge in [-0.05, 0) is 25.9 Å². The van der Waals surface area contributed by atoms with Gasteiger partial charge in [-0.25, -0.2) is 22.9 Å². The lowest BCUT2D eigenvalue weighted by atomic mass is 10.1. The van der Waals surface area contributed by atoms with Crippen molar-refractivity contribution in [2.24, 2.45) is 0 Å². The van der Waals surface area contributed by atoms with Gasteiger partial charge in [-0.2, -0.15) is 0 Å². The quantitative estimate of drug-likeness (QED) is 0.797. The third kappa shape index (κ3) is 3.75. The summed E-state index contributed by atoms with van der Waals surface area (Å²) in [5, 5.41) is 8.89. The number of piperidine rings is 1. The van der Waals surface area contributed by atoms with E-state index in [2.05, 4.69) is 14.6 Å². The molecule has 2 rings (SSSR count). The van der Waals surface area contributed by atoms with Crippen molar-refractivity contribution in [1.29, 1.82) is 0 Å². The van der Waals surface area contributed by atoms with Gasteiger partial charge in [0.1, 0.15) is 0 Å². The number of carboxylic acids is 1. The molecule has 2 N–H and O–H groups in total. The van der Waals surface area contributed by atoms with E-state index in [1.54, 1.807) is 0 Å². The van der Waals surface area contributed by atoms with Crippen LogP contribution in [0.1, 0.15) is 29.8 Å². The Morgan fingerprint density at radius 2 is 2.10 bits per heavy atom. The SMILES string of the molecule is O=C(O)c1ncsc1S(=O)(=O)NCCN1CCCCC1. The minimum absolute atomic E-state index is 0.233. The number of carboxylic acid groups (broad SMARTS) is 1. The summed E-state index contributed by atoms with van der Waals surface area (Å²) in [5.74, 6) is -1.33. The molecule has 7 nitrogen and oxygen atoms in total. The Kier molecular flexibility index (Phi) is 5.08. The minimum Gasteiger partial charge on any atom is -0.476 e. The highest BCUT2D eigenvalue weighted by Gasteiger charge is 2.25. The van der Waals surface area contributed by atoms with E-state index in [0.29, 0.717) is 6.54 Å². The van der Waals surface area contributed by atoms with Gasteiger partial charge in [0, 0.05) is 13.1 Å². The molecule has 0 radical (unpaired) electrons. The van der Waals surface area contributed by atoms with E-state index in [-0.39, 0.29) is 10.8 Å². The van der Waals surface area contributed by atoms with Crippen LogP contribution in [0.25, 0.3) is 0 Å². The molecule has 1 aliphatic rings. The van der Waals surface area contributed by atoms with Gasteiger partial charge in [-0.3, -0.25) is 0 Å². The predicted octanol–water partition coefficient (Wildman–Crippen LogP) is 0.605. The zero-order valence-corrected chi connectivity index (χ0v) is 12.5. The third-order valence-electron chi connectivity index (χ3n) is 3.15. The summed E-state index contributed by atoms with van der Waals surface area (Å²) in [5.41, 5.74) is 0.809. The number of carbonyl (C=O) groups is 1. The molecule has 0 amide bonds. The van der Waals surface area contributed by atoms with Crippen LogP contribution in [0, 0.1) is 0 Å². The van der Waals surface area contributed by atoms with E-state index >= 15 is 0 Å². The average Bonchev–Trinajstić information content (AvgIpc) is 2.90. The second kappa shape index (κ2) is 6.61. The monoisotopic (exact) mass is 319 g/mol. The van der Waals surface area contributed by atoms with Crippen molar-refractivity contribution in [3.63, 3.8) is 0 Å². The van der Waals surface area contributed by atoms with E-state index < -0.39 is 21.7 Å². The van der Waals surface area contributed by atoms with Gasteiger partial charge in [0.05, 0.1) is 5.51 Å². The molecule has 1 aromatic heterocycles. The lowest BCUT2D eigenvalue weighted by molar-refractivity contribution is 0.0687. The lowest BCUT2D eigenvalue weighted by Crippen LogP contribution is -2.37. The second-order valence-electron chi connectivity index (χ2n) is 4.59. The molecule has 20 heavy (non-hydrogen) atoms. The molecular weight excluding hydrogens is 302 g/mol. The Bertz CT molecular complexity index is 564. The molecule has 0 unspecified atom stereocenters. The highest BCUT2D eigenvalue weighted by Crippen LogP contribution is 2.19. The first-order valence-corrected chi connectivity index (χ1v) is 8.76. The van der Waals surface area contributed by atoms with Crippen molar-refractivity contribution < 1.29 is 18.3 Å². The summed E-state index contributed by atoms with van der Waals surface area (Å²) in [4.78, 5) is 16.7. The number of hydrogen-bond donors (Lipinski definition) is 2. The predicted molar refractivity (Wildman–Crippen MR) is 74.6 cm³/mol. The zero-order valence-electron chi connectivity index (χ0n) is 10.9. The molecule has 0 bridgehead atoms. The van der Waals surface area contributed by atoms with Gasteiger partial charge in [-0.1, -0.05) is 6.42 Å². The topological polar surface area (TPSA) is 99.6 Å². The molecule has 1 aliphatic heterocycles. The Balaban J connectivity index is 1.93. The molecular formula is C11H17N3O4S2. The average molecular weight is 319 g/mol. The fourth-order valence-electron chi connectivity index (χ4n) is 2.16. The maximum atomic E-state index is 12.0. The van der Waals surface area contributed by atoms with Crippen LogP contribution in [-0.4, -0.2) is 55.6 Å². The first-order valence-electron chi connectivity index (χ1n) is 6.39. The normalized spacial score (nSPS) is 17.2. The van der Waals surface area contributed by atoms with Crippen LogP contribution in [-0.2, 0) is 10.0 Å². The molecule has 0 atom stereocenters. The van der Waals surface area contributed by atoms with Crippen LogP contribution < -0.4 is 4.72 Å². The number of aromatic nitrogens is 1. The molecule has 1 fully saturated rings. The zero-order chi connectivity index (χ0) is 14.6. The number of sulfonamides is 1. The van der Waals surface area contributed by atoms with E-state index in [1.165, 1.54) is 11.9 Å². The summed E-state index contributed by atoms with van der Waals surface area (Å²) in [6.45, 7) is 2.89. The van der Waals surface area contributed by atoms with Crippen molar-refractivity contribution in [2.45, 2.75) is 23.5 Å². The Morgan fingerprint density at radius 1 is 1.40 bits per heavy atom. The van der Waals surface area contributed by atoms with Gasteiger partial charge < -0.3 is 10.0 Å². The summed E-state index contributed by atoms with van der Waals surface area (Å²) in [6.07, 6.45) is 3.51. The highest BCUT2D eigenvalue weighted by molar-refractivity contribution is 7.91. The number of aromatic carboxylic acids is 1. The van der Waals surface area contributed by atoms with E-state index in [9.17, 15) is 13.2 Å². The van der Waals surface area contributed by atoms with Crippen LogP contribution in [0.4, 0.5) is 0 Å². The Labute approximate surface area is 121 Å². The maximum absolute atomic E-state index is 12.0. The van der Waals surface area contributed by atoms with Crippen LogP contribution in [0.15, 0.2) is 9.72 Å². The van der Waals surface area contributed by atoms with Crippen molar-refractivity contribution in [3.8, 4) is 0 Å². The number of nitrogens with zero attached hydrogens (tertiary/aromatic N) is 2. The van der Waals surface area contributed by atoms with Crippen LogP contribution in [0.3, 0.4) is 0 Å². The number of thiazole rings is 1. The van der Waals surface area contributed by atoms with E-state index in [1.807, 2.05) is 0 Å². The van der Waals surface area contributed by atoms with Crippen molar-refractivity contribution in [3.05, 3.63) is 11.2 Å². The summed E-state index contributed by atoms with van der Waals surface area (Å²) >= 11 is 0.815. The summed E-state index contributed by atoms with van der Waals surface area (Å²) in [6, 6.07) is 0. The fraction of sp³-hybridized carbons (Fsp3) is 0.636. The number of rotatable bonds is 6. The number of hydrogen-bond acceptors (Lipinski definition) is 6. The van der Waals surface area contributed by atoms with Crippen LogP contribution in [0.5, 0.6) is 0 Å². The summed E-state index contributed by atoms with van der Waals surface area (Å²) < 4.78 is 26.3. The minimum atomic E-state index is -3.79. The van der Waals surface area contributed by atoms with Gasteiger partial charge in [0.2, 0.25) is 0 Å². The van der Waals surface area contributed by atoms with Gasteiger partial charge >= 0.3 is 5.97 Å². The Morgan fingerprint density at radius 3 is 2.75 bits per heavy atom. The third-order valence-corrected chi connectivity index (χ3v) is 5.98. The first-order chi connectivity index (χ1) is 9.50. The van der Waals surface area contributed by atoms with Gasteiger partial charge in [0.15, 0.2) is 9.90 Å². The Hall–Kier alpha value is -1.03. The van der Waals surface area contributed by atoms with Crippen molar-refractivity contribution in [2.75, 3.05) is 26.2 Å². The molecule has 112 valence electrons. The number of nitrogens with one attached hydrogen (secondary N) is 1. The molecule has 0 aliphatic carbocycles. The smallest absolute Gasteiger partial charge is 0.356 e. The lowest BCUT2D eigenvalue weighted by Gasteiger charge is -2.26. The van der Waals surface area contributed by atoms with Crippen molar-refractivity contribution >= 4 is 27.3 Å². The molecule has 0 saturated carbocycles. The molecule has 0 aromatic carbocycles. The molecule has 2 heterocycles. The van der Waals surface area contributed by atoms with E-state index in [4.69, 9.17) is 5.11 Å². The second-order valence-corrected chi connectivity index (χ2v) is 7.41. The molecule has 9 heteroatoms. The van der Waals surface area contributed by atoms with Gasteiger partial charge in [0.25, 0.3) is 10.0 Å². The fourth-order valence-corrected chi connectivity index (χ4v) is 4.36. The largest absolute Gasteiger partial charge is 0.476 e. The van der Waals surface area contributed by atoms with Crippen LogP contribution in [0.2, 0.25) is 0 Å². The number of likely N-dealkylation sites (tertiary alicyclic amines) is 1. The molecule has 1 aromatic rings. The highest BCUT2D eigenvalue weighted by atomic mass is 32.2. The van der Waals surface area contributed by atoms with Crippen LogP contribution >= 0.6 is 11.3 Å². The van der Waals surface area contributed by atoms with Gasteiger partial charge in [-0.15, -0.1) is 11.3 Å². The molecule has 1 saturated heterocycles. The summed E-state index contributed by atoms with van der Waals surface area (Å²) in [7, 11) is -3.79. The molecule has 0 spiro atoms.